The van der Waals surface area contributed by atoms with Crippen LogP contribution in [0.3, 0.4) is 0 Å². The summed E-state index contributed by atoms with van der Waals surface area (Å²) in [6.45, 7) is 2.63. The third-order valence-electron chi connectivity index (χ3n) is 2.90. The van der Waals surface area contributed by atoms with Crippen molar-refractivity contribution in [3.8, 4) is 5.75 Å². The van der Waals surface area contributed by atoms with Gasteiger partial charge in [0.1, 0.15) is 5.75 Å². The lowest BCUT2D eigenvalue weighted by atomic mass is 10.2. The average molecular weight is 233 g/mol. The number of para-hydroxylation sites is 1. The predicted octanol–water partition coefficient (Wildman–Crippen LogP) is 2.82. The summed E-state index contributed by atoms with van der Waals surface area (Å²) in [4.78, 5) is 5.61. The van der Waals surface area contributed by atoms with Gasteiger partial charge in [0.25, 0.3) is 0 Å². The number of phenolic OH excluding ortho intramolecular Hbond substituents is 1. The lowest BCUT2D eigenvalue weighted by Gasteiger charge is -2.24. The highest BCUT2D eigenvalue weighted by molar-refractivity contribution is 5.56. The van der Waals surface area contributed by atoms with Gasteiger partial charge >= 0.3 is 0 Å². The molecule has 3 heteroatoms. The van der Waals surface area contributed by atoms with Crippen molar-refractivity contribution >= 4 is 6.08 Å². The highest BCUT2D eigenvalue weighted by atomic mass is 16.7. The number of rotatable bonds is 4. The van der Waals surface area contributed by atoms with Crippen molar-refractivity contribution < 1.29 is 9.94 Å². The van der Waals surface area contributed by atoms with Crippen molar-refractivity contribution in [1.82, 2.24) is 5.06 Å². The van der Waals surface area contributed by atoms with Crippen LogP contribution in [0.25, 0.3) is 6.08 Å². The Morgan fingerprint density at radius 2 is 1.94 bits per heavy atom. The molecule has 92 valence electrons. The van der Waals surface area contributed by atoms with Crippen molar-refractivity contribution in [3.63, 3.8) is 0 Å². The highest BCUT2D eigenvalue weighted by Gasteiger charge is 2.08. The number of hydroxylamine groups is 2. The molecule has 1 fully saturated rings. The SMILES string of the molecule is Oc1ccccc1/C=C/CON1CCCCC1. The molecule has 0 atom stereocenters. The Morgan fingerprint density at radius 3 is 2.71 bits per heavy atom. The van der Waals surface area contributed by atoms with Gasteiger partial charge < -0.3 is 5.11 Å². The van der Waals surface area contributed by atoms with Crippen LogP contribution in [0.15, 0.2) is 30.3 Å². The van der Waals surface area contributed by atoms with Crippen LogP contribution < -0.4 is 0 Å². The molecule has 1 aliphatic heterocycles. The molecular weight excluding hydrogens is 214 g/mol. The van der Waals surface area contributed by atoms with Gasteiger partial charge in [-0.05, 0) is 18.9 Å². The van der Waals surface area contributed by atoms with Crippen LogP contribution >= 0.6 is 0 Å². The quantitative estimate of drug-likeness (QED) is 0.868. The molecule has 0 radical (unpaired) electrons. The zero-order chi connectivity index (χ0) is 11.9. The molecule has 1 saturated heterocycles. The van der Waals surface area contributed by atoms with Crippen LogP contribution in [0.2, 0.25) is 0 Å². The zero-order valence-electron chi connectivity index (χ0n) is 10.0. The normalized spacial score (nSPS) is 17.6. The van der Waals surface area contributed by atoms with E-state index in [-0.39, 0.29) is 0 Å². The van der Waals surface area contributed by atoms with Gasteiger partial charge in [-0.25, -0.2) is 0 Å². The Kier molecular flexibility index (Phi) is 4.59. The molecule has 1 N–H and O–H groups in total. The number of piperidine rings is 1. The second-order valence-corrected chi connectivity index (χ2v) is 4.25. The minimum absolute atomic E-state index is 0.307. The molecule has 0 unspecified atom stereocenters. The fraction of sp³-hybridized carbons (Fsp3) is 0.429. The smallest absolute Gasteiger partial charge is 0.122 e. The maximum Gasteiger partial charge on any atom is 0.122 e. The number of hydrogen-bond acceptors (Lipinski definition) is 3. The summed E-state index contributed by atoms with van der Waals surface area (Å²) in [7, 11) is 0. The van der Waals surface area contributed by atoms with Crippen LogP contribution in [0.4, 0.5) is 0 Å². The second kappa shape index (κ2) is 6.42. The van der Waals surface area contributed by atoms with Crippen LogP contribution in [0, 0.1) is 0 Å². The molecule has 1 aromatic carbocycles. The summed E-state index contributed by atoms with van der Waals surface area (Å²) in [5.41, 5.74) is 0.828. The van der Waals surface area contributed by atoms with Crippen molar-refractivity contribution in [1.29, 1.82) is 0 Å². The lowest BCUT2D eigenvalue weighted by Crippen LogP contribution is -2.29. The number of aromatic hydroxyl groups is 1. The highest BCUT2D eigenvalue weighted by Crippen LogP contribution is 2.17. The molecule has 0 aliphatic carbocycles. The summed E-state index contributed by atoms with van der Waals surface area (Å²) in [5.74, 6) is 0.307. The van der Waals surface area contributed by atoms with Gasteiger partial charge in [0, 0.05) is 18.7 Å². The van der Waals surface area contributed by atoms with Crippen molar-refractivity contribution in [2.24, 2.45) is 0 Å². The van der Waals surface area contributed by atoms with Crippen molar-refractivity contribution in [2.75, 3.05) is 19.7 Å². The van der Waals surface area contributed by atoms with Crippen molar-refractivity contribution in [2.45, 2.75) is 19.3 Å². The Bertz CT molecular complexity index is 370. The predicted molar refractivity (Wildman–Crippen MR) is 68.5 cm³/mol. The Hall–Kier alpha value is -1.32. The maximum absolute atomic E-state index is 9.56. The lowest BCUT2D eigenvalue weighted by molar-refractivity contribution is -0.157. The van der Waals surface area contributed by atoms with Gasteiger partial charge in [-0.2, -0.15) is 5.06 Å². The van der Waals surface area contributed by atoms with Gasteiger partial charge in [-0.15, -0.1) is 0 Å². The molecule has 0 aromatic heterocycles. The average Bonchev–Trinajstić information content (AvgIpc) is 2.38. The van der Waals surface area contributed by atoms with E-state index in [0.717, 1.165) is 18.7 Å². The number of nitrogens with zero attached hydrogens (tertiary/aromatic N) is 1. The van der Waals surface area contributed by atoms with E-state index in [0.29, 0.717) is 12.4 Å². The van der Waals surface area contributed by atoms with Gasteiger partial charge in [0.05, 0.1) is 6.61 Å². The fourth-order valence-corrected chi connectivity index (χ4v) is 1.95. The summed E-state index contributed by atoms with van der Waals surface area (Å²) in [6.07, 6.45) is 7.59. The summed E-state index contributed by atoms with van der Waals surface area (Å²) >= 11 is 0. The van der Waals surface area contributed by atoms with E-state index >= 15 is 0 Å². The Balaban J connectivity index is 1.76. The number of phenols is 1. The first-order valence-corrected chi connectivity index (χ1v) is 6.18. The van der Waals surface area contributed by atoms with E-state index < -0.39 is 0 Å². The zero-order valence-corrected chi connectivity index (χ0v) is 10.0. The van der Waals surface area contributed by atoms with E-state index in [1.165, 1.54) is 19.3 Å². The topological polar surface area (TPSA) is 32.7 Å². The van der Waals surface area contributed by atoms with Crippen molar-refractivity contribution in [3.05, 3.63) is 35.9 Å². The molecule has 0 spiro atoms. The molecule has 0 bridgehead atoms. The minimum atomic E-state index is 0.307. The Morgan fingerprint density at radius 1 is 1.18 bits per heavy atom. The molecule has 3 nitrogen and oxygen atoms in total. The van der Waals surface area contributed by atoms with Gasteiger partial charge in [0.15, 0.2) is 0 Å². The Labute approximate surface area is 102 Å². The second-order valence-electron chi connectivity index (χ2n) is 4.25. The molecule has 1 aromatic rings. The summed E-state index contributed by atoms with van der Waals surface area (Å²) in [6, 6.07) is 7.29. The first-order valence-electron chi connectivity index (χ1n) is 6.18. The van der Waals surface area contributed by atoms with E-state index in [1.807, 2.05) is 35.4 Å². The van der Waals surface area contributed by atoms with E-state index in [9.17, 15) is 5.11 Å². The van der Waals surface area contributed by atoms with E-state index in [1.54, 1.807) is 6.07 Å². The van der Waals surface area contributed by atoms with Gasteiger partial charge in [-0.3, -0.25) is 4.84 Å². The van der Waals surface area contributed by atoms with Crippen LogP contribution in [-0.4, -0.2) is 29.9 Å². The third kappa shape index (κ3) is 3.88. The number of hydrogen-bond donors (Lipinski definition) is 1. The van der Waals surface area contributed by atoms with Crippen LogP contribution in [0.5, 0.6) is 5.75 Å². The molecule has 0 saturated carbocycles. The van der Waals surface area contributed by atoms with Crippen LogP contribution in [0.1, 0.15) is 24.8 Å². The van der Waals surface area contributed by atoms with Gasteiger partial charge in [0.2, 0.25) is 0 Å². The molecule has 2 rings (SSSR count). The monoisotopic (exact) mass is 233 g/mol. The molecule has 0 amide bonds. The summed E-state index contributed by atoms with van der Waals surface area (Å²) in [5, 5.41) is 11.6. The fourth-order valence-electron chi connectivity index (χ4n) is 1.95. The van der Waals surface area contributed by atoms with E-state index in [4.69, 9.17) is 4.84 Å². The van der Waals surface area contributed by atoms with E-state index in [2.05, 4.69) is 0 Å². The largest absolute Gasteiger partial charge is 0.507 e. The first-order chi connectivity index (χ1) is 8.36. The minimum Gasteiger partial charge on any atom is -0.507 e. The summed E-state index contributed by atoms with van der Waals surface area (Å²) < 4.78 is 0. The molecule has 17 heavy (non-hydrogen) atoms. The first kappa shape index (κ1) is 12.1. The number of benzene rings is 1. The molecular formula is C14H19NO2. The van der Waals surface area contributed by atoms with Gasteiger partial charge in [-0.1, -0.05) is 36.8 Å². The third-order valence-corrected chi connectivity index (χ3v) is 2.90. The standard InChI is InChI=1S/C14H19NO2/c16-14-9-3-2-7-13(14)8-6-12-17-15-10-4-1-5-11-15/h2-3,6-9,16H,1,4-5,10-12H2/b8-6+. The molecule has 1 aliphatic rings. The maximum atomic E-state index is 9.56. The molecule has 1 heterocycles. The van der Waals surface area contributed by atoms with Crippen LogP contribution in [-0.2, 0) is 4.84 Å².